The van der Waals surface area contributed by atoms with Crippen LogP contribution in [0, 0.1) is 5.41 Å². The van der Waals surface area contributed by atoms with Crippen LogP contribution in [0.1, 0.15) is 63.3 Å². The van der Waals surface area contributed by atoms with Crippen molar-refractivity contribution in [1.29, 1.82) is 0 Å². The summed E-state index contributed by atoms with van der Waals surface area (Å²) in [6.07, 6.45) is 6.49. The summed E-state index contributed by atoms with van der Waals surface area (Å²) in [5.41, 5.74) is 3.43. The highest BCUT2D eigenvalue weighted by molar-refractivity contribution is 5.78. The molecule has 4 rings (SSSR count). The van der Waals surface area contributed by atoms with Gasteiger partial charge in [0.2, 0.25) is 11.8 Å². The number of benzene rings is 1. The molecule has 6 nitrogen and oxygen atoms in total. The molecule has 29 heavy (non-hydrogen) atoms. The van der Waals surface area contributed by atoms with Gasteiger partial charge < -0.3 is 10.2 Å². The van der Waals surface area contributed by atoms with Gasteiger partial charge in [0.15, 0.2) is 0 Å². The van der Waals surface area contributed by atoms with Crippen molar-refractivity contribution in [1.82, 2.24) is 20.0 Å². The van der Waals surface area contributed by atoms with E-state index in [1.54, 1.807) is 0 Å². The van der Waals surface area contributed by atoms with Crippen LogP contribution in [0.25, 0.3) is 5.69 Å². The van der Waals surface area contributed by atoms with Crippen LogP contribution in [0.2, 0.25) is 0 Å². The molecule has 1 atom stereocenters. The number of likely N-dealkylation sites (tertiary alicyclic amines) is 1. The van der Waals surface area contributed by atoms with Crippen molar-refractivity contribution in [2.45, 2.75) is 58.4 Å². The zero-order valence-electron chi connectivity index (χ0n) is 17.4. The Bertz CT molecular complexity index is 888. The van der Waals surface area contributed by atoms with E-state index < -0.39 is 0 Å². The number of nitrogens with one attached hydrogen (secondary N) is 1. The Morgan fingerprint density at radius 1 is 1.28 bits per heavy atom. The molecule has 2 amide bonds. The van der Waals surface area contributed by atoms with E-state index in [1.807, 2.05) is 34.0 Å². The molecule has 6 heteroatoms. The molecule has 0 spiro atoms. The molecular weight excluding hydrogens is 364 g/mol. The van der Waals surface area contributed by atoms with E-state index in [1.165, 1.54) is 5.69 Å². The molecule has 1 saturated heterocycles. The molecule has 1 aromatic heterocycles. The first-order valence-electron chi connectivity index (χ1n) is 10.6. The fraction of sp³-hybridized carbons (Fsp3) is 0.522. The molecule has 0 unspecified atom stereocenters. The SMILES string of the molecule is CC1(C)Cc2c(cnn2-c2ccccc2)[C@@H](NC(=O)CCCN2CCCC2=O)C1. The average Bonchev–Trinajstić information content (AvgIpc) is 3.28. The summed E-state index contributed by atoms with van der Waals surface area (Å²) in [7, 11) is 0. The van der Waals surface area contributed by atoms with Gasteiger partial charge in [-0.25, -0.2) is 4.68 Å². The summed E-state index contributed by atoms with van der Waals surface area (Å²) in [5.74, 6) is 0.273. The third-order valence-electron chi connectivity index (χ3n) is 6.02. The van der Waals surface area contributed by atoms with Gasteiger partial charge in [0.25, 0.3) is 0 Å². The zero-order chi connectivity index (χ0) is 20.4. The molecule has 0 radical (unpaired) electrons. The summed E-state index contributed by atoms with van der Waals surface area (Å²) >= 11 is 0. The summed E-state index contributed by atoms with van der Waals surface area (Å²) in [5, 5.41) is 7.87. The second kappa shape index (κ2) is 8.01. The standard InChI is InChI=1S/C23H30N4O2/c1-23(2)14-19(25-21(28)10-6-12-26-13-7-11-22(26)29)18-16-24-27(20(18)15-23)17-8-4-3-5-9-17/h3-5,8-9,16,19H,6-7,10-15H2,1-2H3,(H,25,28)/t19-/m0/s1. The third-order valence-corrected chi connectivity index (χ3v) is 6.02. The van der Waals surface area contributed by atoms with E-state index in [4.69, 9.17) is 0 Å². The molecule has 1 N–H and O–H groups in total. The molecule has 2 aliphatic rings. The van der Waals surface area contributed by atoms with Crippen LogP contribution in [0.4, 0.5) is 0 Å². The molecule has 1 fully saturated rings. The average molecular weight is 395 g/mol. The number of carbonyl (C=O) groups excluding carboxylic acids is 2. The van der Waals surface area contributed by atoms with Crippen LogP contribution in [0.15, 0.2) is 36.5 Å². The van der Waals surface area contributed by atoms with Crippen LogP contribution < -0.4 is 5.32 Å². The molecule has 0 bridgehead atoms. The second-order valence-electron chi connectivity index (χ2n) is 9.05. The third kappa shape index (κ3) is 4.36. The Hall–Kier alpha value is -2.63. The molecular formula is C23H30N4O2. The lowest BCUT2D eigenvalue weighted by molar-refractivity contribution is -0.128. The van der Waals surface area contributed by atoms with Gasteiger partial charge >= 0.3 is 0 Å². The highest BCUT2D eigenvalue weighted by Crippen LogP contribution is 2.41. The molecule has 1 aliphatic heterocycles. The van der Waals surface area contributed by atoms with Crippen molar-refractivity contribution >= 4 is 11.8 Å². The molecule has 2 heterocycles. The van der Waals surface area contributed by atoms with E-state index in [9.17, 15) is 9.59 Å². The maximum atomic E-state index is 12.6. The van der Waals surface area contributed by atoms with Gasteiger partial charge in [-0.3, -0.25) is 9.59 Å². The van der Waals surface area contributed by atoms with Crippen LogP contribution in [-0.4, -0.2) is 39.6 Å². The monoisotopic (exact) mass is 394 g/mol. The predicted molar refractivity (Wildman–Crippen MR) is 112 cm³/mol. The van der Waals surface area contributed by atoms with E-state index >= 15 is 0 Å². The highest BCUT2D eigenvalue weighted by Gasteiger charge is 2.36. The van der Waals surface area contributed by atoms with Crippen molar-refractivity contribution in [3.05, 3.63) is 47.8 Å². The van der Waals surface area contributed by atoms with Gasteiger partial charge in [-0.15, -0.1) is 0 Å². The fourth-order valence-corrected chi connectivity index (χ4v) is 4.60. The van der Waals surface area contributed by atoms with Crippen LogP contribution in [0.3, 0.4) is 0 Å². The summed E-state index contributed by atoms with van der Waals surface area (Å²) in [6, 6.07) is 10.1. The van der Waals surface area contributed by atoms with E-state index in [0.717, 1.165) is 37.1 Å². The number of hydrogen-bond donors (Lipinski definition) is 1. The minimum atomic E-state index is -0.0212. The Balaban J connectivity index is 1.44. The van der Waals surface area contributed by atoms with E-state index in [0.29, 0.717) is 25.8 Å². The molecule has 1 aliphatic carbocycles. The Labute approximate surface area is 172 Å². The van der Waals surface area contributed by atoms with Crippen molar-refractivity contribution < 1.29 is 9.59 Å². The topological polar surface area (TPSA) is 67.2 Å². The first-order chi connectivity index (χ1) is 13.9. The fourth-order valence-electron chi connectivity index (χ4n) is 4.60. The lowest BCUT2D eigenvalue weighted by atomic mass is 9.74. The summed E-state index contributed by atoms with van der Waals surface area (Å²) in [6.45, 7) is 6.01. The minimum Gasteiger partial charge on any atom is -0.349 e. The van der Waals surface area contributed by atoms with Crippen LogP contribution >= 0.6 is 0 Å². The van der Waals surface area contributed by atoms with Crippen LogP contribution in [0.5, 0.6) is 0 Å². The van der Waals surface area contributed by atoms with Crippen molar-refractivity contribution in [2.24, 2.45) is 5.41 Å². The maximum Gasteiger partial charge on any atom is 0.222 e. The van der Waals surface area contributed by atoms with Gasteiger partial charge in [-0.2, -0.15) is 5.10 Å². The maximum absolute atomic E-state index is 12.6. The first kappa shape index (κ1) is 19.7. The van der Waals surface area contributed by atoms with Crippen molar-refractivity contribution in [2.75, 3.05) is 13.1 Å². The number of nitrogens with zero attached hydrogens (tertiary/aromatic N) is 3. The summed E-state index contributed by atoms with van der Waals surface area (Å²) < 4.78 is 2.01. The number of aromatic nitrogens is 2. The normalized spacial score (nSPS) is 20.6. The lowest BCUT2D eigenvalue weighted by Crippen LogP contribution is -2.37. The molecule has 154 valence electrons. The van der Waals surface area contributed by atoms with Gasteiger partial charge in [-0.1, -0.05) is 32.0 Å². The van der Waals surface area contributed by atoms with Gasteiger partial charge in [0.1, 0.15) is 0 Å². The molecule has 2 aromatic rings. The van der Waals surface area contributed by atoms with E-state index in [2.05, 4.69) is 36.4 Å². The van der Waals surface area contributed by atoms with Gasteiger partial charge in [0.05, 0.1) is 23.6 Å². The number of para-hydroxylation sites is 1. The number of amides is 2. The van der Waals surface area contributed by atoms with Crippen LogP contribution in [-0.2, 0) is 16.0 Å². The van der Waals surface area contributed by atoms with Gasteiger partial charge in [-0.05, 0) is 43.2 Å². The van der Waals surface area contributed by atoms with Crippen molar-refractivity contribution in [3.63, 3.8) is 0 Å². The number of fused-ring (bicyclic) bond motifs is 1. The summed E-state index contributed by atoms with van der Waals surface area (Å²) in [4.78, 5) is 26.2. The second-order valence-corrected chi connectivity index (χ2v) is 9.05. The lowest BCUT2D eigenvalue weighted by Gasteiger charge is -2.36. The zero-order valence-corrected chi connectivity index (χ0v) is 17.4. The largest absolute Gasteiger partial charge is 0.349 e. The number of rotatable bonds is 6. The Morgan fingerprint density at radius 2 is 2.07 bits per heavy atom. The van der Waals surface area contributed by atoms with Gasteiger partial charge in [0, 0.05) is 31.5 Å². The predicted octanol–water partition coefficient (Wildman–Crippen LogP) is 3.40. The highest BCUT2D eigenvalue weighted by atomic mass is 16.2. The smallest absolute Gasteiger partial charge is 0.222 e. The quantitative estimate of drug-likeness (QED) is 0.816. The Morgan fingerprint density at radius 3 is 2.79 bits per heavy atom. The first-order valence-corrected chi connectivity index (χ1v) is 10.6. The molecule has 1 aromatic carbocycles. The minimum absolute atomic E-state index is 0.0212. The Kier molecular flexibility index (Phi) is 5.43. The number of hydrogen-bond acceptors (Lipinski definition) is 3. The van der Waals surface area contributed by atoms with E-state index in [-0.39, 0.29) is 23.3 Å². The molecule has 0 saturated carbocycles. The van der Waals surface area contributed by atoms with Crippen molar-refractivity contribution in [3.8, 4) is 5.69 Å². The number of carbonyl (C=O) groups is 2.